The summed E-state index contributed by atoms with van der Waals surface area (Å²) in [5.74, 6) is 2.75. The smallest absolute Gasteiger partial charge is 0.254 e. The Morgan fingerprint density at radius 1 is 1.36 bits per heavy atom. The molecule has 0 fully saturated rings. The predicted molar refractivity (Wildman–Crippen MR) is 82.2 cm³/mol. The third kappa shape index (κ3) is 2.33. The molecule has 1 aromatic carbocycles. The summed E-state index contributed by atoms with van der Waals surface area (Å²) >= 11 is 0. The SMILES string of the molecule is C#CCNC(=O)c1cccc2cn(-c3nccnc3N)nc12. The van der Waals surface area contributed by atoms with Gasteiger partial charge in [-0.05, 0) is 6.07 Å². The van der Waals surface area contributed by atoms with E-state index in [0.717, 1.165) is 5.39 Å². The molecule has 7 heteroatoms. The van der Waals surface area contributed by atoms with Gasteiger partial charge >= 0.3 is 0 Å². The predicted octanol–water partition coefficient (Wildman–Crippen LogP) is 0.761. The van der Waals surface area contributed by atoms with Crippen LogP contribution in [0.2, 0.25) is 0 Å². The topological polar surface area (TPSA) is 98.7 Å². The third-order valence-electron chi connectivity index (χ3n) is 3.06. The molecule has 0 bridgehead atoms. The van der Waals surface area contributed by atoms with Gasteiger partial charge in [-0.1, -0.05) is 18.1 Å². The second kappa shape index (κ2) is 5.54. The van der Waals surface area contributed by atoms with Crippen LogP contribution in [-0.4, -0.2) is 32.2 Å². The zero-order valence-electron chi connectivity index (χ0n) is 11.5. The van der Waals surface area contributed by atoms with E-state index in [0.29, 0.717) is 16.9 Å². The molecule has 1 amide bonds. The van der Waals surface area contributed by atoms with Crippen molar-refractivity contribution in [2.45, 2.75) is 0 Å². The number of rotatable bonds is 3. The molecule has 0 saturated carbocycles. The second-order valence-electron chi connectivity index (χ2n) is 4.47. The molecule has 0 unspecified atom stereocenters. The largest absolute Gasteiger partial charge is 0.381 e. The van der Waals surface area contributed by atoms with Gasteiger partial charge < -0.3 is 11.1 Å². The molecular formula is C15H12N6O. The Hall–Kier alpha value is -3.40. The first kappa shape index (κ1) is 13.6. The summed E-state index contributed by atoms with van der Waals surface area (Å²) in [6, 6.07) is 5.31. The minimum atomic E-state index is -0.277. The number of benzene rings is 1. The number of terminal acetylenes is 1. The number of nitrogens with one attached hydrogen (secondary N) is 1. The molecule has 108 valence electrons. The molecule has 3 aromatic rings. The Morgan fingerprint density at radius 2 is 2.18 bits per heavy atom. The van der Waals surface area contributed by atoms with Crippen molar-refractivity contribution in [3.63, 3.8) is 0 Å². The van der Waals surface area contributed by atoms with E-state index in [4.69, 9.17) is 12.2 Å². The van der Waals surface area contributed by atoms with Crippen molar-refractivity contribution in [1.29, 1.82) is 0 Å². The van der Waals surface area contributed by atoms with E-state index in [1.54, 1.807) is 18.3 Å². The van der Waals surface area contributed by atoms with Crippen LogP contribution in [-0.2, 0) is 0 Å². The second-order valence-corrected chi connectivity index (χ2v) is 4.47. The van der Waals surface area contributed by atoms with Gasteiger partial charge in [-0.15, -0.1) is 6.42 Å². The fourth-order valence-corrected chi connectivity index (χ4v) is 2.08. The van der Waals surface area contributed by atoms with Gasteiger partial charge in [0.1, 0.15) is 5.52 Å². The number of nitrogens with two attached hydrogens (primary N) is 1. The highest BCUT2D eigenvalue weighted by Gasteiger charge is 2.14. The Kier molecular flexibility index (Phi) is 3.42. The standard InChI is InChI=1S/C15H12N6O/c1-2-6-19-15(22)11-5-3-4-10-9-21(20-12(10)11)14-13(16)17-7-8-18-14/h1,3-5,7-9H,6H2,(H2,16,17)(H,19,22). The van der Waals surface area contributed by atoms with Crippen molar-refractivity contribution in [3.8, 4) is 18.2 Å². The Bertz CT molecular complexity index is 892. The lowest BCUT2D eigenvalue weighted by Crippen LogP contribution is -2.23. The van der Waals surface area contributed by atoms with Gasteiger partial charge in [-0.25, -0.2) is 14.6 Å². The summed E-state index contributed by atoms with van der Waals surface area (Å²) < 4.78 is 1.50. The van der Waals surface area contributed by atoms with Crippen LogP contribution in [0, 0.1) is 12.3 Å². The van der Waals surface area contributed by atoms with E-state index >= 15 is 0 Å². The summed E-state index contributed by atoms with van der Waals surface area (Å²) in [7, 11) is 0. The zero-order valence-corrected chi connectivity index (χ0v) is 11.5. The van der Waals surface area contributed by atoms with E-state index in [-0.39, 0.29) is 18.3 Å². The van der Waals surface area contributed by atoms with Crippen molar-refractivity contribution in [1.82, 2.24) is 25.1 Å². The summed E-state index contributed by atoms with van der Waals surface area (Å²) in [6.07, 6.45) is 9.92. The Balaban J connectivity index is 2.09. The van der Waals surface area contributed by atoms with Gasteiger partial charge in [-0.3, -0.25) is 4.79 Å². The van der Waals surface area contributed by atoms with E-state index in [1.165, 1.54) is 17.1 Å². The number of aromatic nitrogens is 4. The fraction of sp³-hybridized carbons (Fsp3) is 0.0667. The summed E-state index contributed by atoms with van der Waals surface area (Å²) in [4.78, 5) is 20.3. The average molecular weight is 292 g/mol. The van der Waals surface area contributed by atoms with Crippen molar-refractivity contribution in [2.24, 2.45) is 0 Å². The quantitative estimate of drug-likeness (QED) is 0.694. The molecule has 0 aliphatic heterocycles. The molecule has 0 aliphatic rings. The number of nitrogens with zero attached hydrogens (tertiary/aromatic N) is 4. The van der Waals surface area contributed by atoms with Gasteiger partial charge in [0.25, 0.3) is 5.91 Å². The van der Waals surface area contributed by atoms with E-state index in [1.807, 2.05) is 6.07 Å². The van der Waals surface area contributed by atoms with Crippen molar-refractivity contribution in [3.05, 3.63) is 42.4 Å². The first-order valence-corrected chi connectivity index (χ1v) is 6.47. The van der Waals surface area contributed by atoms with Gasteiger partial charge in [0.2, 0.25) is 0 Å². The van der Waals surface area contributed by atoms with E-state index in [9.17, 15) is 4.79 Å². The summed E-state index contributed by atoms with van der Waals surface area (Å²) in [5, 5.41) is 7.81. The molecule has 7 nitrogen and oxygen atoms in total. The molecule has 3 N–H and O–H groups in total. The molecule has 0 saturated heterocycles. The van der Waals surface area contributed by atoms with Crippen LogP contribution in [0.15, 0.2) is 36.8 Å². The maximum Gasteiger partial charge on any atom is 0.254 e. The van der Waals surface area contributed by atoms with Gasteiger partial charge in [-0.2, -0.15) is 5.10 Å². The number of amides is 1. The van der Waals surface area contributed by atoms with Crippen LogP contribution in [0.3, 0.4) is 0 Å². The monoisotopic (exact) mass is 292 g/mol. The van der Waals surface area contributed by atoms with Gasteiger partial charge in [0.05, 0.1) is 12.1 Å². The number of nitrogen functional groups attached to an aromatic ring is 1. The number of hydrogen-bond acceptors (Lipinski definition) is 5. The summed E-state index contributed by atoms with van der Waals surface area (Å²) in [5.41, 5.74) is 6.78. The van der Waals surface area contributed by atoms with Crippen molar-refractivity contribution < 1.29 is 4.79 Å². The molecule has 0 atom stereocenters. The lowest BCUT2D eigenvalue weighted by atomic mass is 10.1. The highest BCUT2D eigenvalue weighted by atomic mass is 16.1. The number of anilines is 1. The molecule has 0 aliphatic carbocycles. The minimum absolute atomic E-state index is 0.160. The zero-order chi connectivity index (χ0) is 15.5. The van der Waals surface area contributed by atoms with Crippen LogP contribution >= 0.6 is 0 Å². The highest BCUT2D eigenvalue weighted by Crippen LogP contribution is 2.20. The fourth-order valence-electron chi connectivity index (χ4n) is 2.08. The molecular weight excluding hydrogens is 280 g/mol. The minimum Gasteiger partial charge on any atom is -0.381 e. The number of carbonyl (C=O) groups is 1. The summed E-state index contributed by atoms with van der Waals surface area (Å²) in [6.45, 7) is 0.160. The maximum atomic E-state index is 12.1. The molecule has 2 heterocycles. The van der Waals surface area contributed by atoms with Crippen LogP contribution in [0.5, 0.6) is 0 Å². The van der Waals surface area contributed by atoms with Crippen molar-refractivity contribution in [2.75, 3.05) is 12.3 Å². The van der Waals surface area contributed by atoms with Crippen LogP contribution in [0.25, 0.3) is 16.7 Å². The number of carbonyl (C=O) groups excluding carboxylic acids is 1. The molecule has 2 aromatic heterocycles. The molecule has 0 spiro atoms. The lowest BCUT2D eigenvalue weighted by Gasteiger charge is -2.02. The molecule has 0 radical (unpaired) electrons. The van der Waals surface area contributed by atoms with Crippen molar-refractivity contribution >= 4 is 22.6 Å². The number of hydrogen-bond donors (Lipinski definition) is 2. The third-order valence-corrected chi connectivity index (χ3v) is 3.06. The number of fused-ring (bicyclic) bond motifs is 1. The first-order chi connectivity index (χ1) is 10.7. The van der Waals surface area contributed by atoms with E-state index in [2.05, 4.69) is 26.3 Å². The van der Waals surface area contributed by atoms with E-state index < -0.39 is 0 Å². The normalized spacial score (nSPS) is 10.3. The Morgan fingerprint density at radius 3 is 2.95 bits per heavy atom. The van der Waals surface area contributed by atoms with Crippen LogP contribution in [0.1, 0.15) is 10.4 Å². The van der Waals surface area contributed by atoms with Gasteiger partial charge in [0.15, 0.2) is 11.6 Å². The lowest BCUT2D eigenvalue weighted by molar-refractivity contribution is 0.0960. The maximum absolute atomic E-state index is 12.1. The first-order valence-electron chi connectivity index (χ1n) is 6.47. The molecule has 22 heavy (non-hydrogen) atoms. The van der Waals surface area contributed by atoms with Crippen LogP contribution in [0.4, 0.5) is 5.82 Å². The highest BCUT2D eigenvalue weighted by molar-refractivity contribution is 6.05. The van der Waals surface area contributed by atoms with Gasteiger partial charge in [0, 0.05) is 24.0 Å². The molecule has 3 rings (SSSR count). The Labute approximate surface area is 126 Å². The average Bonchev–Trinajstić information content (AvgIpc) is 2.96. The van der Waals surface area contributed by atoms with Crippen LogP contribution < -0.4 is 11.1 Å².